The second-order valence-electron chi connectivity index (χ2n) is 7.82. The molecule has 0 aliphatic carbocycles. The standard InChI is InChI=1S/C23H25N7O3/c1-32-18-7-11-27-21(26-9-3-8-24)19(18)23(31)29-13-16-4-5-17(14-29)30(16)22-20(33-2)15(12-25)6-10-28-22/h3,6-11,16-17,24H,4-5,13-14H2,1-2H3,(H,26,27)/p+1. The minimum atomic E-state index is -0.142. The van der Waals surface area contributed by atoms with Gasteiger partial charge in [0.1, 0.15) is 18.0 Å². The molecule has 1 amide bonds. The number of allylic oxidation sites excluding steroid dienone is 1. The van der Waals surface area contributed by atoms with Gasteiger partial charge in [0.25, 0.3) is 5.91 Å². The Morgan fingerprint density at radius 3 is 2.58 bits per heavy atom. The molecule has 2 bridgehead atoms. The van der Waals surface area contributed by atoms with Crippen molar-refractivity contribution in [3.8, 4) is 17.6 Å². The van der Waals surface area contributed by atoms with Crippen LogP contribution in [0.15, 0.2) is 36.8 Å². The third kappa shape index (κ3) is 4.10. The number of amides is 1. The lowest BCUT2D eigenvalue weighted by atomic mass is 10.1. The molecule has 2 saturated heterocycles. The van der Waals surface area contributed by atoms with E-state index in [-0.39, 0.29) is 18.0 Å². The molecule has 2 unspecified atom stereocenters. The van der Waals surface area contributed by atoms with Crippen molar-refractivity contribution in [2.24, 2.45) is 0 Å². The maximum Gasteiger partial charge on any atom is 0.265 e. The average molecular weight is 449 g/mol. The Morgan fingerprint density at radius 1 is 1.21 bits per heavy atom. The molecular weight excluding hydrogens is 422 g/mol. The first-order valence-corrected chi connectivity index (χ1v) is 10.7. The number of nitrogens with one attached hydrogen (secondary N) is 1. The summed E-state index contributed by atoms with van der Waals surface area (Å²) in [7, 11) is 3.08. The van der Waals surface area contributed by atoms with Gasteiger partial charge >= 0.3 is 0 Å². The number of piperazine rings is 1. The molecule has 2 fully saturated rings. The van der Waals surface area contributed by atoms with E-state index in [1.54, 1.807) is 49.2 Å². The van der Waals surface area contributed by atoms with Gasteiger partial charge in [-0.1, -0.05) is 0 Å². The lowest BCUT2D eigenvalue weighted by Crippen LogP contribution is -2.72. The summed E-state index contributed by atoms with van der Waals surface area (Å²) >= 11 is 0. The highest BCUT2D eigenvalue weighted by Gasteiger charge is 2.44. The number of rotatable bonds is 7. The van der Waals surface area contributed by atoms with Gasteiger partial charge in [0.2, 0.25) is 5.82 Å². The van der Waals surface area contributed by atoms with Crippen molar-refractivity contribution < 1.29 is 19.6 Å². The molecule has 2 aliphatic rings. The van der Waals surface area contributed by atoms with E-state index in [1.165, 1.54) is 13.3 Å². The van der Waals surface area contributed by atoms with Crippen LogP contribution in [0.2, 0.25) is 0 Å². The maximum absolute atomic E-state index is 13.6. The first-order valence-electron chi connectivity index (χ1n) is 10.7. The molecule has 2 aromatic rings. The molecule has 10 nitrogen and oxygen atoms in total. The normalized spacial score (nSPS) is 19.4. The Bertz CT molecular complexity index is 1110. The molecular formula is C23H26N7O3+. The number of likely N-dealkylation sites (tertiary alicyclic amines) is 1. The van der Waals surface area contributed by atoms with Crippen LogP contribution in [0.4, 0.5) is 11.6 Å². The lowest BCUT2D eigenvalue weighted by molar-refractivity contribution is -0.500. The number of carbonyl (C=O) groups is 1. The zero-order valence-corrected chi connectivity index (χ0v) is 18.6. The zero-order valence-electron chi connectivity index (χ0n) is 18.6. The number of carbonyl (C=O) groups excluding carboxylic acids is 1. The molecule has 10 heteroatoms. The van der Waals surface area contributed by atoms with E-state index in [9.17, 15) is 10.1 Å². The summed E-state index contributed by atoms with van der Waals surface area (Å²) in [6, 6.07) is 5.62. The van der Waals surface area contributed by atoms with Crippen molar-refractivity contribution >= 4 is 23.8 Å². The Morgan fingerprint density at radius 2 is 1.94 bits per heavy atom. The molecule has 3 N–H and O–H groups in total. The molecule has 0 radical (unpaired) electrons. The predicted octanol–water partition coefficient (Wildman–Crippen LogP) is 1.22. The van der Waals surface area contributed by atoms with E-state index in [2.05, 4.69) is 20.9 Å². The smallest absolute Gasteiger partial charge is 0.265 e. The maximum atomic E-state index is 13.6. The number of anilines is 1. The van der Waals surface area contributed by atoms with E-state index in [4.69, 9.17) is 14.9 Å². The SMILES string of the molecule is COc1ccnc([NH2+]C=CC=N)c1C(=O)N1CC2CCC(C1)N2c1nccc(C#N)c1OC. The third-order valence-corrected chi connectivity index (χ3v) is 6.06. The van der Waals surface area contributed by atoms with Crippen molar-refractivity contribution in [3.63, 3.8) is 0 Å². The summed E-state index contributed by atoms with van der Waals surface area (Å²) in [5.74, 6) is 1.94. The summed E-state index contributed by atoms with van der Waals surface area (Å²) in [6.45, 7) is 1.04. The number of nitrogens with two attached hydrogens (primary N) is 1. The van der Waals surface area contributed by atoms with E-state index < -0.39 is 0 Å². The van der Waals surface area contributed by atoms with Crippen molar-refractivity contribution in [1.29, 1.82) is 10.7 Å². The summed E-state index contributed by atoms with van der Waals surface area (Å²) in [6.07, 6.45) is 9.46. The van der Waals surface area contributed by atoms with E-state index >= 15 is 0 Å². The molecule has 33 heavy (non-hydrogen) atoms. The molecule has 0 spiro atoms. The van der Waals surface area contributed by atoms with Crippen LogP contribution in [0.5, 0.6) is 11.5 Å². The first-order chi connectivity index (χ1) is 16.1. The molecule has 2 aliphatic heterocycles. The average Bonchev–Trinajstić information content (AvgIpc) is 3.11. The number of methoxy groups -OCH3 is 2. The number of nitrogens with zero attached hydrogens (tertiary/aromatic N) is 5. The Labute approximate surface area is 192 Å². The highest BCUT2D eigenvalue weighted by Crippen LogP contribution is 2.40. The quantitative estimate of drug-likeness (QED) is 0.609. The minimum Gasteiger partial charge on any atom is -0.496 e. The van der Waals surface area contributed by atoms with Crippen molar-refractivity contribution in [1.82, 2.24) is 14.9 Å². The molecule has 2 atom stereocenters. The topological polar surface area (TPSA) is 132 Å². The molecule has 170 valence electrons. The molecule has 0 saturated carbocycles. The van der Waals surface area contributed by atoms with Gasteiger partial charge in [0.15, 0.2) is 17.1 Å². The largest absolute Gasteiger partial charge is 0.496 e. The van der Waals surface area contributed by atoms with Gasteiger partial charge in [-0.2, -0.15) is 5.26 Å². The third-order valence-electron chi connectivity index (χ3n) is 6.06. The molecule has 0 aromatic carbocycles. The van der Waals surface area contributed by atoms with Gasteiger partial charge in [0.05, 0.1) is 19.8 Å². The van der Waals surface area contributed by atoms with Crippen molar-refractivity contribution in [2.75, 3.05) is 32.2 Å². The number of pyridine rings is 2. The molecule has 4 rings (SSSR count). The van der Waals surface area contributed by atoms with Crippen LogP contribution in [0.1, 0.15) is 28.8 Å². The number of hydrogen-bond acceptors (Lipinski definition) is 8. The van der Waals surface area contributed by atoms with Gasteiger partial charge in [-0.25, -0.2) is 9.97 Å². The highest BCUT2D eigenvalue weighted by atomic mass is 16.5. The Kier molecular flexibility index (Phi) is 6.51. The van der Waals surface area contributed by atoms with Gasteiger partial charge in [-0.05, 0) is 25.0 Å². The number of nitriles is 1. The number of ether oxygens (including phenoxy) is 2. The number of aromatic nitrogens is 2. The zero-order chi connectivity index (χ0) is 23.4. The summed E-state index contributed by atoms with van der Waals surface area (Å²) in [4.78, 5) is 26.6. The van der Waals surface area contributed by atoms with Crippen LogP contribution in [0.3, 0.4) is 0 Å². The summed E-state index contributed by atoms with van der Waals surface area (Å²) < 4.78 is 11.0. The highest BCUT2D eigenvalue weighted by molar-refractivity contribution is 6.00. The molecule has 2 aromatic heterocycles. The van der Waals surface area contributed by atoms with E-state index in [0.717, 1.165) is 12.8 Å². The summed E-state index contributed by atoms with van der Waals surface area (Å²) in [5.41, 5.74) is 0.850. The van der Waals surface area contributed by atoms with Crippen molar-refractivity contribution in [3.05, 3.63) is 47.9 Å². The lowest BCUT2D eigenvalue weighted by Gasteiger charge is -2.42. The fourth-order valence-corrected chi connectivity index (χ4v) is 4.66. The van der Waals surface area contributed by atoms with E-state index in [1.807, 2.05) is 4.90 Å². The Hall–Kier alpha value is -3.97. The first kappa shape index (κ1) is 22.2. The fourth-order valence-electron chi connectivity index (χ4n) is 4.66. The Balaban J connectivity index is 1.62. The van der Waals surface area contributed by atoms with Gasteiger partial charge in [0, 0.05) is 49.9 Å². The van der Waals surface area contributed by atoms with Crippen LogP contribution in [0, 0.1) is 16.7 Å². The van der Waals surface area contributed by atoms with Crippen molar-refractivity contribution in [2.45, 2.75) is 24.9 Å². The van der Waals surface area contributed by atoms with Gasteiger partial charge in [-0.3, -0.25) is 10.1 Å². The number of quaternary nitrogens is 1. The van der Waals surface area contributed by atoms with Crippen LogP contribution < -0.4 is 19.7 Å². The summed E-state index contributed by atoms with van der Waals surface area (Å²) in [5, 5.41) is 18.3. The second-order valence-corrected chi connectivity index (χ2v) is 7.82. The van der Waals surface area contributed by atoms with Gasteiger partial charge < -0.3 is 24.7 Å². The second kappa shape index (κ2) is 9.67. The van der Waals surface area contributed by atoms with Crippen LogP contribution in [-0.2, 0) is 0 Å². The minimum absolute atomic E-state index is 0.0657. The fraction of sp³-hybridized carbons (Fsp3) is 0.348. The predicted molar refractivity (Wildman–Crippen MR) is 121 cm³/mol. The van der Waals surface area contributed by atoms with Crippen LogP contribution >= 0.6 is 0 Å². The van der Waals surface area contributed by atoms with Gasteiger partial charge in [-0.15, -0.1) is 0 Å². The number of hydrogen-bond donors (Lipinski definition) is 2. The van der Waals surface area contributed by atoms with E-state index in [0.29, 0.717) is 47.4 Å². The monoisotopic (exact) mass is 448 g/mol. The molecule has 4 heterocycles. The van der Waals surface area contributed by atoms with Crippen LogP contribution in [-0.4, -0.2) is 66.4 Å². The van der Waals surface area contributed by atoms with Crippen LogP contribution in [0.25, 0.3) is 0 Å². The number of fused-ring (bicyclic) bond motifs is 2.